The SMILES string of the molecule is CCCCCNC(=O)[C@H](Cc1ccc(OCC(=O)NO)c(C(=O)OC)c1)NC(=O)[C@H](Cc1ccccc1)NC(=O)OC(C)(C)C. The molecule has 2 rings (SSSR count). The number of carbonyl (C=O) groups is 5. The Labute approximate surface area is 263 Å². The van der Waals surface area contributed by atoms with E-state index in [-0.39, 0.29) is 24.2 Å². The number of unbranched alkanes of at least 4 members (excludes halogenated alkanes) is 2. The summed E-state index contributed by atoms with van der Waals surface area (Å²) < 4.78 is 15.6. The molecule has 45 heavy (non-hydrogen) atoms. The first-order valence-electron chi connectivity index (χ1n) is 14.7. The summed E-state index contributed by atoms with van der Waals surface area (Å²) in [5.74, 6) is -2.63. The normalized spacial score (nSPS) is 12.2. The van der Waals surface area contributed by atoms with Crippen LogP contribution in [0.25, 0.3) is 0 Å². The molecule has 13 heteroatoms. The van der Waals surface area contributed by atoms with E-state index in [1.165, 1.54) is 24.7 Å². The molecule has 13 nitrogen and oxygen atoms in total. The van der Waals surface area contributed by atoms with Crippen LogP contribution < -0.4 is 26.2 Å². The van der Waals surface area contributed by atoms with E-state index in [2.05, 4.69) is 16.0 Å². The Morgan fingerprint density at radius 3 is 2.16 bits per heavy atom. The molecule has 0 saturated heterocycles. The maximum atomic E-state index is 13.7. The topological polar surface area (TPSA) is 181 Å². The van der Waals surface area contributed by atoms with E-state index in [0.29, 0.717) is 12.1 Å². The number of hydroxylamine groups is 1. The first-order valence-corrected chi connectivity index (χ1v) is 14.7. The van der Waals surface area contributed by atoms with Gasteiger partial charge in [-0.1, -0.05) is 56.2 Å². The van der Waals surface area contributed by atoms with Gasteiger partial charge in [-0.25, -0.2) is 15.1 Å². The lowest BCUT2D eigenvalue weighted by Gasteiger charge is -2.25. The van der Waals surface area contributed by atoms with Gasteiger partial charge < -0.3 is 30.2 Å². The maximum absolute atomic E-state index is 13.7. The summed E-state index contributed by atoms with van der Waals surface area (Å²) in [6, 6.07) is 11.4. The van der Waals surface area contributed by atoms with Crippen molar-refractivity contribution in [2.24, 2.45) is 0 Å². The molecule has 0 aliphatic rings. The van der Waals surface area contributed by atoms with E-state index in [1.54, 1.807) is 26.8 Å². The van der Waals surface area contributed by atoms with Crippen LogP contribution in [-0.2, 0) is 36.7 Å². The molecule has 2 atom stereocenters. The summed E-state index contributed by atoms with van der Waals surface area (Å²) in [6.07, 6.45) is 1.94. The monoisotopic (exact) mass is 628 g/mol. The number of amides is 4. The van der Waals surface area contributed by atoms with Crippen LogP contribution in [0.4, 0.5) is 4.79 Å². The number of nitrogens with one attached hydrogen (secondary N) is 4. The molecule has 0 unspecified atom stereocenters. The third-order valence-electron chi connectivity index (χ3n) is 6.38. The van der Waals surface area contributed by atoms with Crippen molar-refractivity contribution in [1.82, 2.24) is 21.4 Å². The molecule has 0 aromatic heterocycles. The fourth-order valence-corrected chi connectivity index (χ4v) is 4.21. The Bertz CT molecular complexity index is 1300. The molecular formula is C32H44N4O9. The minimum atomic E-state index is -1.09. The first-order chi connectivity index (χ1) is 21.4. The summed E-state index contributed by atoms with van der Waals surface area (Å²) in [4.78, 5) is 63.7. The number of ether oxygens (including phenoxy) is 3. The number of hydrogen-bond acceptors (Lipinski definition) is 9. The summed E-state index contributed by atoms with van der Waals surface area (Å²) >= 11 is 0. The fraction of sp³-hybridized carbons (Fsp3) is 0.469. The van der Waals surface area contributed by atoms with E-state index in [1.807, 2.05) is 37.3 Å². The van der Waals surface area contributed by atoms with E-state index < -0.39 is 54.1 Å². The van der Waals surface area contributed by atoms with Crippen LogP contribution in [-0.4, -0.2) is 72.9 Å². The number of rotatable bonds is 16. The van der Waals surface area contributed by atoms with Crippen LogP contribution in [0.1, 0.15) is 68.4 Å². The number of hydrogen-bond donors (Lipinski definition) is 5. The number of methoxy groups -OCH3 is 1. The molecular weight excluding hydrogens is 584 g/mol. The Balaban J connectivity index is 2.37. The van der Waals surface area contributed by atoms with E-state index in [4.69, 9.17) is 19.4 Å². The number of esters is 1. The molecule has 0 spiro atoms. The average molecular weight is 629 g/mol. The lowest BCUT2D eigenvalue weighted by Crippen LogP contribution is -2.55. The van der Waals surface area contributed by atoms with Crippen molar-refractivity contribution in [3.8, 4) is 5.75 Å². The van der Waals surface area contributed by atoms with Crippen molar-refractivity contribution >= 4 is 29.8 Å². The van der Waals surface area contributed by atoms with Gasteiger partial charge in [-0.05, 0) is 50.5 Å². The van der Waals surface area contributed by atoms with Crippen molar-refractivity contribution in [2.45, 2.75) is 77.5 Å². The van der Waals surface area contributed by atoms with Crippen LogP contribution >= 0.6 is 0 Å². The molecule has 0 saturated carbocycles. The summed E-state index contributed by atoms with van der Waals surface area (Å²) in [5.41, 5.74) is 1.87. The molecule has 0 aliphatic carbocycles. The predicted molar refractivity (Wildman–Crippen MR) is 165 cm³/mol. The van der Waals surface area contributed by atoms with Crippen LogP contribution in [0.3, 0.4) is 0 Å². The number of carbonyl (C=O) groups excluding carboxylic acids is 5. The average Bonchev–Trinajstić information content (AvgIpc) is 3.00. The van der Waals surface area contributed by atoms with Crippen LogP contribution in [0.15, 0.2) is 48.5 Å². The molecule has 0 aliphatic heterocycles. The van der Waals surface area contributed by atoms with E-state index in [9.17, 15) is 24.0 Å². The van der Waals surface area contributed by atoms with Crippen molar-refractivity contribution in [2.75, 3.05) is 20.3 Å². The molecule has 5 N–H and O–H groups in total. The first kappa shape index (κ1) is 36.5. The smallest absolute Gasteiger partial charge is 0.408 e. The second kappa shape index (κ2) is 18.2. The van der Waals surface area contributed by atoms with Crippen molar-refractivity contribution in [3.63, 3.8) is 0 Å². The largest absolute Gasteiger partial charge is 0.483 e. The number of benzene rings is 2. The van der Waals surface area contributed by atoms with Gasteiger partial charge in [0, 0.05) is 19.4 Å². The van der Waals surface area contributed by atoms with Gasteiger partial charge in [0.1, 0.15) is 29.0 Å². The highest BCUT2D eigenvalue weighted by Crippen LogP contribution is 2.22. The Kier molecular flexibility index (Phi) is 14.8. The Hall–Kier alpha value is -4.65. The zero-order chi connectivity index (χ0) is 33.4. The molecule has 4 amide bonds. The molecule has 246 valence electrons. The minimum Gasteiger partial charge on any atom is -0.483 e. The van der Waals surface area contributed by atoms with Gasteiger partial charge in [-0.3, -0.25) is 19.6 Å². The van der Waals surface area contributed by atoms with Gasteiger partial charge in [-0.15, -0.1) is 0 Å². The van der Waals surface area contributed by atoms with Gasteiger partial charge in [-0.2, -0.15) is 0 Å². The van der Waals surface area contributed by atoms with E-state index in [0.717, 1.165) is 24.8 Å². The van der Waals surface area contributed by atoms with Crippen molar-refractivity contribution in [1.29, 1.82) is 0 Å². The predicted octanol–water partition coefficient (Wildman–Crippen LogP) is 2.83. The molecule has 2 aromatic carbocycles. The van der Waals surface area contributed by atoms with Gasteiger partial charge >= 0.3 is 12.1 Å². The van der Waals surface area contributed by atoms with Crippen molar-refractivity contribution in [3.05, 3.63) is 65.2 Å². The number of alkyl carbamates (subject to hydrolysis) is 1. The highest BCUT2D eigenvalue weighted by atomic mass is 16.6. The highest BCUT2D eigenvalue weighted by Gasteiger charge is 2.29. The third kappa shape index (κ3) is 13.3. The van der Waals surface area contributed by atoms with Crippen LogP contribution in [0, 0.1) is 0 Å². The van der Waals surface area contributed by atoms with Crippen molar-refractivity contribution < 1.29 is 43.4 Å². The summed E-state index contributed by atoms with van der Waals surface area (Å²) in [6.45, 7) is 6.99. The third-order valence-corrected chi connectivity index (χ3v) is 6.38. The summed E-state index contributed by atoms with van der Waals surface area (Å²) in [5, 5.41) is 17.0. The lowest BCUT2D eigenvalue weighted by atomic mass is 10.0. The second-order valence-electron chi connectivity index (χ2n) is 11.3. The highest BCUT2D eigenvalue weighted by molar-refractivity contribution is 5.93. The molecule has 0 fully saturated rings. The zero-order valence-corrected chi connectivity index (χ0v) is 26.4. The maximum Gasteiger partial charge on any atom is 0.408 e. The minimum absolute atomic E-state index is 0.0169. The molecule has 0 radical (unpaired) electrons. The molecule has 0 heterocycles. The van der Waals surface area contributed by atoms with E-state index >= 15 is 0 Å². The zero-order valence-electron chi connectivity index (χ0n) is 26.4. The standard InChI is InChI=1S/C32H44N4O9/c1-6-7-11-16-33-28(38)24(19-22-14-15-26(44-20-27(37)36-42)23(17-22)30(40)43-5)34-29(39)25(18-21-12-9-8-10-13-21)35-31(41)45-32(2,3)4/h8-10,12-15,17,24-25,42H,6-7,11,16,18-20H2,1-5H3,(H,33,38)(H,34,39)(H,35,41)(H,36,37)/t24-,25-/m0/s1. The quantitative estimate of drug-likeness (QED) is 0.0808. The van der Waals surface area contributed by atoms with Gasteiger partial charge in [0.05, 0.1) is 7.11 Å². The lowest BCUT2D eigenvalue weighted by molar-refractivity contribution is -0.131. The Morgan fingerprint density at radius 1 is 0.867 bits per heavy atom. The van der Waals surface area contributed by atoms with Gasteiger partial charge in [0.25, 0.3) is 5.91 Å². The van der Waals surface area contributed by atoms with Gasteiger partial charge in [0.15, 0.2) is 6.61 Å². The van der Waals surface area contributed by atoms with Crippen LogP contribution in [0.5, 0.6) is 5.75 Å². The fourth-order valence-electron chi connectivity index (χ4n) is 4.21. The second-order valence-corrected chi connectivity index (χ2v) is 11.3. The van der Waals surface area contributed by atoms with Crippen LogP contribution in [0.2, 0.25) is 0 Å². The molecule has 0 bridgehead atoms. The summed E-state index contributed by atoms with van der Waals surface area (Å²) in [7, 11) is 1.18. The molecule has 2 aromatic rings. The van der Waals surface area contributed by atoms with Gasteiger partial charge in [0.2, 0.25) is 11.8 Å². The Morgan fingerprint density at radius 2 is 1.53 bits per heavy atom.